The van der Waals surface area contributed by atoms with Crippen LogP contribution < -0.4 is 5.32 Å². The third-order valence-corrected chi connectivity index (χ3v) is 3.23. The molecule has 19 heavy (non-hydrogen) atoms. The normalized spacial score (nSPS) is 20.4. The van der Waals surface area contributed by atoms with Crippen LogP contribution in [0.25, 0.3) is 0 Å². The Morgan fingerprint density at radius 2 is 2.21 bits per heavy atom. The van der Waals surface area contributed by atoms with E-state index in [1.807, 2.05) is 11.9 Å². The molecule has 1 atom stereocenters. The molecule has 0 radical (unpaired) electrons. The van der Waals surface area contributed by atoms with Gasteiger partial charge in [0.05, 0.1) is 0 Å². The fraction of sp³-hybridized carbons (Fsp3) is 0.583. The third kappa shape index (κ3) is 2.76. The standard InChI is InChI=1S/C12H18N4O3/c1-8-14-9(7-19-8)12(18)16-5-4-15(3)6-10(16)11(17)13-2/h7,10H,4-6H2,1-3H3,(H,13,17). The second kappa shape index (κ2) is 5.40. The van der Waals surface area contributed by atoms with Crippen molar-refractivity contribution in [3.63, 3.8) is 0 Å². The van der Waals surface area contributed by atoms with E-state index < -0.39 is 6.04 Å². The van der Waals surface area contributed by atoms with Crippen LogP contribution in [0.1, 0.15) is 16.4 Å². The highest BCUT2D eigenvalue weighted by Gasteiger charge is 2.35. The third-order valence-electron chi connectivity index (χ3n) is 3.23. The fourth-order valence-electron chi connectivity index (χ4n) is 2.16. The maximum absolute atomic E-state index is 12.4. The number of nitrogens with zero attached hydrogens (tertiary/aromatic N) is 3. The number of amides is 2. The molecule has 104 valence electrons. The molecule has 2 rings (SSSR count). The van der Waals surface area contributed by atoms with Gasteiger partial charge in [-0.1, -0.05) is 0 Å². The van der Waals surface area contributed by atoms with Crippen LogP contribution in [0.5, 0.6) is 0 Å². The molecule has 2 amide bonds. The fourth-order valence-corrected chi connectivity index (χ4v) is 2.16. The van der Waals surface area contributed by atoms with Gasteiger partial charge >= 0.3 is 0 Å². The van der Waals surface area contributed by atoms with E-state index >= 15 is 0 Å². The minimum Gasteiger partial charge on any atom is -0.448 e. The number of hydrogen-bond acceptors (Lipinski definition) is 5. The molecule has 2 heterocycles. The Morgan fingerprint density at radius 3 is 2.79 bits per heavy atom. The Labute approximate surface area is 111 Å². The van der Waals surface area contributed by atoms with Gasteiger partial charge < -0.3 is 19.5 Å². The first-order valence-corrected chi connectivity index (χ1v) is 6.16. The average molecular weight is 266 g/mol. The molecule has 1 aliphatic rings. The first kappa shape index (κ1) is 13.5. The summed E-state index contributed by atoms with van der Waals surface area (Å²) in [6.45, 7) is 3.43. The van der Waals surface area contributed by atoms with Crippen LogP contribution in [-0.4, -0.2) is 66.4 Å². The topological polar surface area (TPSA) is 78.7 Å². The van der Waals surface area contributed by atoms with E-state index in [4.69, 9.17) is 4.42 Å². The molecule has 1 unspecified atom stereocenters. The lowest BCUT2D eigenvalue weighted by molar-refractivity contribution is -0.126. The summed E-state index contributed by atoms with van der Waals surface area (Å²) in [5.74, 6) is 0.00707. The zero-order chi connectivity index (χ0) is 14.0. The summed E-state index contributed by atoms with van der Waals surface area (Å²) in [5.41, 5.74) is 0.246. The quantitative estimate of drug-likeness (QED) is 0.779. The molecule has 1 N–H and O–H groups in total. The van der Waals surface area contributed by atoms with Crippen molar-refractivity contribution < 1.29 is 14.0 Å². The second-order valence-electron chi connectivity index (χ2n) is 4.64. The summed E-state index contributed by atoms with van der Waals surface area (Å²) in [4.78, 5) is 31.8. The minimum absolute atomic E-state index is 0.167. The van der Waals surface area contributed by atoms with E-state index in [-0.39, 0.29) is 17.5 Å². The van der Waals surface area contributed by atoms with Crippen LogP contribution in [0.2, 0.25) is 0 Å². The van der Waals surface area contributed by atoms with Crippen molar-refractivity contribution in [1.82, 2.24) is 20.1 Å². The highest BCUT2D eigenvalue weighted by atomic mass is 16.3. The van der Waals surface area contributed by atoms with Gasteiger partial charge in [0.25, 0.3) is 5.91 Å². The first-order valence-electron chi connectivity index (χ1n) is 6.16. The molecule has 0 aliphatic carbocycles. The van der Waals surface area contributed by atoms with Gasteiger partial charge in [-0.2, -0.15) is 0 Å². The molecular weight excluding hydrogens is 248 g/mol. The number of oxazole rings is 1. The first-order chi connectivity index (χ1) is 9.02. The highest BCUT2D eigenvalue weighted by Crippen LogP contribution is 2.13. The highest BCUT2D eigenvalue weighted by molar-refractivity contribution is 5.96. The zero-order valence-corrected chi connectivity index (χ0v) is 11.3. The van der Waals surface area contributed by atoms with Gasteiger partial charge in [-0.05, 0) is 7.05 Å². The van der Waals surface area contributed by atoms with Crippen molar-refractivity contribution in [2.24, 2.45) is 0 Å². The van der Waals surface area contributed by atoms with Crippen molar-refractivity contribution in [3.8, 4) is 0 Å². The van der Waals surface area contributed by atoms with E-state index in [0.717, 1.165) is 6.54 Å². The SMILES string of the molecule is CNC(=O)C1CN(C)CCN1C(=O)c1coc(C)n1. The average Bonchev–Trinajstić information content (AvgIpc) is 2.83. The number of carbonyl (C=O) groups is 2. The Morgan fingerprint density at radius 1 is 1.47 bits per heavy atom. The summed E-state index contributed by atoms with van der Waals surface area (Å²) >= 11 is 0. The van der Waals surface area contributed by atoms with Gasteiger partial charge in [-0.15, -0.1) is 0 Å². The Bertz CT molecular complexity index is 485. The summed E-state index contributed by atoms with van der Waals surface area (Å²) in [7, 11) is 3.50. The number of hydrogen-bond donors (Lipinski definition) is 1. The van der Waals surface area contributed by atoms with Gasteiger partial charge in [0.15, 0.2) is 11.6 Å². The van der Waals surface area contributed by atoms with E-state index in [1.54, 1.807) is 18.9 Å². The smallest absolute Gasteiger partial charge is 0.276 e. The van der Waals surface area contributed by atoms with Crippen LogP contribution in [0, 0.1) is 6.92 Å². The summed E-state index contributed by atoms with van der Waals surface area (Å²) in [6, 6.07) is -0.492. The minimum atomic E-state index is -0.492. The van der Waals surface area contributed by atoms with Gasteiger partial charge in [-0.25, -0.2) is 4.98 Å². The van der Waals surface area contributed by atoms with Crippen molar-refractivity contribution in [2.45, 2.75) is 13.0 Å². The van der Waals surface area contributed by atoms with E-state index in [1.165, 1.54) is 6.26 Å². The molecule has 0 aromatic carbocycles. The molecule has 0 spiro atoms. The van der Waals surface area contributed by atoms with Crippen LogP contribution >= 0.6 is 0 Å². The number of aromatic nitrogens is 1. The number of likely N-dealkylation sites (N-methyl/N-ethyl adjacent to an activating group) is 2. The van der Waals surface area contributed by atoms with Gasteiger partial charge in [0, 0.05) is 33.6 Å². The molecular formula is C12H18N4O3. The summed E-state index contributed by atoms with van der Waals surface area (Å²) < 4.78 is 5.05. The number of piperazine rings is 1. The van der Waals surface area contributed by atoms with E-state index in [9.17, 15) is 9.59 Å². The second-order valence-corrected chi connectivity index (χ2v) is 4.64. The Kier molecular flexibility index (Phi) is 3.84. The Hall–Kier alpha value is -1.89. The molecule has 0 bridgehead atoms. The molecule has 1 saturated heterocycles. The van der Waals surface area contributed by atoms with Crippen LogP contribution in [-0.2, 0) is 4.79 Å². The van der Waals surface area contributed by atoms with Crippen molar-refractivity contribution in [3.05, 3.63) is 17.8 Å². The number of nitrogens with one attached hydrogen (secondary N) is 1. The summed E-state index contributed by atoms with van der Waals surface area (Å²) in [6.07, 6.45) is 1.33. The number of carbonyl (C=O) groups excluding carboxylic acids is 2. The van der Waals surface area contributed by atoms with Crippen LogP contribution in [0.4, 0.5) is 0 Å². The molecule has 7 nitrogen and oxygen atoms in total. The molecule has 7 heteroatoms. The lowest BCUT2D eigenvalue weighted by Gasteiger charge is -2.38. The maximum Gasteiger partial charge on any atom is 0.276 e. The molecule has 1 aliphatic heterocycles. The lowest BCUT2D eigenvalue weighted by Crippen LogP contribution is -2.59. The van der Waals surface area contributed by atoms with Crippen LogP contribution in [0.3, 0.4) is 0 Å². The molecule has 1 aromatic heterocycles. The molecule has 0 saturated carbocycles. The van der Waals surface area contributed by atoms with Crippen molar-refractivity contribution >= 4 is 11.8 Å². The predicted octanol–water partition coefficient (Wildman–Crippen LogP) is -0.515. The largest absolute Gasteiger partial charge is 0.448 e. The molecule has 1 fully saturated rings. The number of aryl methyl sites for hydroxylation is 1. The van der Waals surface area contributed by atoms with Gasteiger partial charge in [0.2, 0.25) is 5.91 Å². The van der Waals surface area contributed by atoms with E-state index in [2.05, 4.69) is 10.3 Å². The number of rotatable bonds is 2. The monoisotopic (exact) mass is 266 g/mol. The van der Waals surface area contributed by atoms with Crippen LogP contribution in [0.15, 0.2) is 10.7 Å². The Balaban J connectivity index is 2.20. The predicted molar refractivity (Wildman–Crippen MR) is 67.6 cm³/mol. The lowest BCUT2D eigenvalue weighted by atomic mass is 10.1. The van der Waals surface area contributed by atoms with Crippen molar-refractivity contribution in [2.75, 3.05) is 33.7 Å². The maximum atomic E-state index is 12.4. The van der Waals surface area contributed by atoms with Gasteiger partial charge in [-0.3, -0.25) is 9.59 Å². The zero-order valence-electron chi connectivity index (χ0n) is 11.3. The van der Waals surface area contributed by atoms with E-state index in [0.29, 0.717) is 19.0 Å². The van der Waals surface area contributed by atoms with Crippen molar-refractivity contribution in [1.29, 1.82) is 0 Å². The summed E-state index contributed by atoms with van der Waals surface area (Å²) in [5, 5.41) is 2.59. The molecule has 1 aromatic rings. The van der Waals surface area contributed by atoms with Gasteiger partial charge in [0.1, 0.15) is 12.3 Å².